The Morgan fingerprint density at radius 2 is 1.81 bits per heavy atom. The van der Waals surface area contributed by atoms with Gasteiger partial charge in [0.2, 0.25) is 5.91 Å². The van der Waals surface area contributed by atoms with E-state index in [0.717, 1.165) is 15.6 Å². The second-order valence-electron chi connectivity index (χ2n) is 6.86. The van der Waals surface area contributed by atoms with Gasteiger partial charge in [-0.1, -0.05) is 51.8 Å². The summed E-state index contributed by atoms with van der Waals surface area (Å²) in [6.07, 6.45) is -0.0906. The van der Waals surface area contributed by atoms with E-state index in [1.54, 1.807) is 0 Å². The minimum atomic E-state index is -0.158. The van der Waals surface area contributed by atoms with Crippen molar-refractivity contribution in [2.24, 2.45) is 5.92 Å². The maximum absolute atomic E-state index is 13.2. The fourth-order valence-electron chi connectivity index (χ4n) is 3.68. The van der Waals surface area contributed by atoms with E-state index in [4.69, 9.17) is 16.3 Å². The first kappa shape index (κ1) is 18.9. The van der Waals surface area contributed by atoms with Crippen LogP contribution in [-0.4, -0.2) is 37.0 Å². The molecule has 2 aromatic carbocycles. The zero-order chi connectivity index (χ0) is 18.8. The van der Waals surface area contributed by atoms with Crippen molar-refractivity contribution in [3.8, 4) is 0 Å². The Morgan fingerprint density at radius 3 is 2.56 bits per heavy atom. The van der Waals surface area contributed by atoms with Crippen LogP contribution in [0.1, 0.15) is 23.3 Å². The predicted octanol–water partition coefficient (Wildman–Crippen LogP) is 3.47. The number of nitrogens with one attached hydrogen (secondary N) is 2. The quantitative estimate of drug-likeness (QED) is 0.752. The Morgan fingerprint density at radius 1 is 1.11 bits per heavy atom. The fraction of sp³-hybridized carbons (Fsp3) is 0.350. The Labute approximate surface area is 172 Å². The number of morpholine rings is 1. The van der Waals surface area contributed by atoms with Gasteiger partial charge in [0, 0.05) is 22.6 Å². The molecule has 1 amide bonds. The summed E-state index contributed by atoms with van der Waals surface area (Å²) in [5.74, 6) is -0.00675. The molecular weight excluding hydrogens is 430 g/mol. The first-order valence-electron chi connectivity index (χ1n) is 9.01. The van der Waals surface area contributed by atoms with Gasteiger partial charge in [-0.25, -0.2) is 5.43 Å². The molecule has 2 aromatic rings. The average molecular weight is 451 g/mol. The van der Waals surface area contributed by atoms with Crippen molar-refractivity contribution in [2.75, 3.05) is 26.2 Å². The fourth-order valence-corrected chi connectivity index (χ4v) is 4.07. The summed E-state index contributed by atoms with van der Waals surface area (Å²) >= 11 is 9.45. The molecular formula is C20H21BrClN3O2. The molecule has 27 heavy (non-hydrogen) atoms. The van der Waals surface area contributed by atoms with Crippen LogP contribution in [0.2, 0.25) is 5.02 Å². The normalized spacial score (nSPS) is 25.6. The Kier molecular flexibility index (Phi) is 5.80. The van der Waals surface area contributed by atoms with Crippen molar-refractivity contribution < 1.29 is 9.53 Å². The molecule has 0 radical (unpaired) electrons. The van der Waals surface area contributed by atoms with Crippen LogP contribution in [0.4, 0.5) is 0 Å². The van der Waals surface area contributed by atoms with Crippen LogP contribution in [0.5, 0.6) is 0 Å². The molecule has 2 N–H and O–H groups in total. The van der Waals surface area contributed by atoms with Gasteiger partial charge in [0.1, 0.15) is 6.10 Å². The van der Waals surface area contributed by atoms with Gasteiger partial charge in [-0.2, -0.15) is 0 Å². The molecule has 3 atom stereocenters. The minimum absolute atomic E-state index is 0.0660. The number of nitrogens with zero attached hydrogens (tertiary/aromatic N) is 1. The highest BCUT2D eigenvalue weighted by molar-refractivity contribution is 9.10. The predicted molar refractivity (Wildman–Crippen MR) is 108 cm³/mol. The van der Waals surface area contributed by atoms with E-state index < -0.39 is 0 Å². The summed E-state index contributed by atoms with van der Waals surface area (Å²) in [6.45, 7) is 2.35. The van der Waals surface area contributed by atoms with Crippen LogP contribution in [-0.2, 0) is 9.53 Å². The number of carbonyl (C=O) groups is 1. The van der Waals surface area contributed by atoms with E-state index in [0.29, 0.717) is 31.3 Å². The van der Waals surface area contributed by atoms with E-state index >= 15 is 0 Å². The Balaban J connectivity index is 1.47. The number of halogens is 2. The molecule has 5 nitrogen and oxygen atoms in total. The monoisotopic (exact) mass is 449 g/mol. The second-order valence-corrected chi connectivity index (χ2v) is 8.21. The van der Waals surface area contributed by atoms with Crippen LogP contribution >= 0.6 is 27.5 Å². The van der Waals surface area contributed by atoms with Gasteiger partial charge < -0.3 is 9.64 Å². The molecule has 7 heteroatoms. The number of benzene rings is 2. The highest BCUT2D eigenvalue weighted by Crippen LogP contribution is 2.30. The molecule has 0 aromatic heterocycles. The standard InChI is InChI=1S/C20H21BrClN3O2/c21-15-5-1-13(2-6-15)18-12-25(9-10-27-18)20(26)17-11-23-24-19(17)14-3-7-16(22)8-4-14/h1-8,17-19,23-24H,9-12H2. The summed E-state index contributed by atoms with van der Waals surface area (Å²) in [5, 5.41) is 0.693. The second kappa shape index (κ2) is 8.29. The van der Waals surface area contributed by atoms with Crippen LogP contribution in [0.25, 0.3) is 0 Å². The largest absolute Gasteiger partial charge is 0.370 e. The van der Waals surface area contributed by atoms with E-state index in [-0.39, 0.29) is 24.0 Å². The lowest BCUT2D eigenvalue weighted by atomic mass is 9.93. The Bertz CT molecular complexity index is 800. The molecule has 0 bridgehead atoms. The first-order chi connectivity index (χ1) is 13.1. The number of hydrazine groups is 1. The van der Waals surface area contributed by atoms with Crippen molar-refractivity contribution in [1.82, 2.24) is 15.8 Å². The van der Waals surface area contributed by atoms with Crippen LogP contribution in [0.15, 0.2) is 53.0 Å². The highest BCUT2D eigenvalue weighted by Gasteiger charge is 2.38. The Hall–Kier alpha value is -1.44. The third-order valence-electron chi connectivity index (χ3n) is 5.15. The van der Waals surface area contributed by atoms with Crippen LogP contribution in [0, 0.1) is 5.92 Å². The summed E-state index contributed by atoms with van der Waals surface area (Å²) in [6, 6.07) is 15.7. The topological polar surface area (TPSA) is 53.6 Å². The number of amides is 1. The average Bonchev–Trinajstić information content (AvgIpc) is 3.18. The maximum atomic E-state index is 13.2. The van der Waals surface area contributed by atoms with Crippen molar-refractivity contribution >= 4 is 33.4 Å². The van der Waals surface area contributed by atoms with E-state index in [1.165, 1.54) is 0 Å². The maximum Gasteiger partial charge on any atom is 0.229 e. The molecule has 0 spiro atoms. The van der Waals surface area contributed by atoms with Gasteiger partial charge in [0.15, 0.2) is 0 Å². The van der Waals surface area contributed by atoms with Crippen LogP contribution in [0.3, 0.4) is 0 Å². The number of hydrogen-bond donors (Lipinski definition) is 2. The molecule has 0 saturated carbocycles. The van der Waals surface area contributed by atoms with E-state index in [9.17, 15) is 4.79 Å². The highest BCUT2D eigenvalue weighted by atomic mass is 79.9. The van der Waals surface area contributed by atoms with Crippen molar-refractivity contribution in [2.45, 2.75) is 12.1 Å². The van der Waals surface area contributed by atoms with Gasteiger partial charge in [-0.05, 0) is 35.4 Å². The molecule has 2 aliphatic heterocycles. The molecule has 3 unspecified atom stereocenters. The zero-order valence-electron chi connectivity index (χ0n) is 14.7. The molecule has 142 valence electrons. The van der Waals surface area contributed by atoms with Crippen molar-refractivity contribution in [1.29, 1.82) is 0 Å². The minimum Gasteiger partial charge on any atom is -0.370 e. The van der Waals surface area contributed by atoms with Gasteiger partial charge in [-0.15, -0.1) is 0 Å². The van der Waals surface area contributed by atoms with E-state index in [1.807, 2.05) is 53.4 Å². The van der Waals surface area contributed by atoms with Gasteiger partial charge in [-0.3, -0.25) is 10.2 Å². The lowest BCUT2D eigenvalue weighted by Crippen LogP contribution is -2.46. The summed E-state index contributed by atoms with van der Waals surface area (Å²) in [4.78, 5) is 15.2. The van der Waals surface area contributed by atoms with Crippen molar-refractivity contribution in [3.63, 3.8) is 0 Å². The number of hydrogen-bond acceptors (Lipinski definition) is 4. The third-order valence-corrected chi connectivity index (χ3v) is 5.93. The SMILES string of the molecule is O=C(C1CNNC1c1ccc(Cl)cc1)N1CCOC(c2ccc(Br)cc2)C1. The number of carbonyl (C=O) groups excluding carboxylic acids is 1. The molecule has 4 rings (SSSR count). The number of rotatable bonds is 3. The molecule has 2 fully saturated rings. The lowest BCUT2D eigenvalue weighted by molar-refractivity contribution is -0.143. The third kappa shape index (κ3) is 4.20. The van der Waals surface area contributed by atoms with Gasteiger partial charge in [0.25, 0.3) is 0 Å². The first-order valence-corrected chi connectivity index (χ1v) is 10.2. The van der Waals surface area contributed by atoms with Gasteiger partial charge >= 0.3 is 0 Å². The number of ether oxygens (including phenoxy) is 1. The van der Waals surface area contributed by atoms with E-state index in [2.05, 4.69) is 26.8 Å². The molecule has 2 aliphatic rings. The van der Waals surface area contributed by atoms with Crippen molar-refractivity contribution in [3.05, 3.63) is 69.2 Å². The molecule has 0 aliphatic carbocycles. The summed E-state index contributed by atoms with van der Waals surface area (Å²) in [7, 11) is 0. The summed E-state index contributed by atoms with van der Waals surface area (Å²) < 4.78 is 6.95. The lowest BCUT2D eigenvalue weighted by Gasteiger charge is -2.35. The summed E-state index contributed by atoms with van der Waals surface area (Å²) in [5.41, 5.74) is 8.52. The van der Waals surface area contributed by atoms with Crippen LogP contribution < -0.4 is 10.9 Å². The molecule has 2 heterocycles. The zero-order valence-corrected chi connectivity index (χ0v) is 17.0. The molecule has 2 saturated heterocycles. The van der Waals surface area contributed by atoms with Gasteiger partial charge in [0.05, 0.1) is 25.1 Å². The smallest absolute Gasteiger partial charge is 0.229 e.